The van der Waals surface area contributed by atoms with Crippen molar-refractivity contribution in [3.8, 4) is 0 Å². The van der Waals surface area contributed by atoms with Crippen LogP contribution in [0.3, 0.4) is 0 Å². The topological polar surface area (TPSA) is 357 Å². The van der Waals surface area contributed by atoms with Gasteiger partial charge in [0.05, 0.1) is 25.7 Å². The van der Waals surface area contributed by atoms with E-state index < -0.39 is 61.2 Å². The molecule has 524 valence electrons. The first-order valence-electron chi connectivity index (χ1n) is 29.4. The minimum absolute atomic E-state index is 0.00602. The normalized spacial score (nSPS) is 11.4. The van der Waals surface area contributed by atoms with Crippen molar-refractivity contribution in [2.24, 2.45) is 0 Å². The van der Waals surface area contributed by atoms with Crippen LogP contribution in [0, 0.1) is 10.1 Å². The first kappa shape index (κ1) is 92.5. The molecule has 0 aliphatic heterocycles. The monoisotopic (exact) mass is 1400 g/mol. The Morgan fingerprint density at radius 3 is 1.09 bits per heavy atom. The van der Waals surface area contributed by atoms with Gasteiger partial charge < -0.3 is 83.2 Å². The van der Waals surface area contributed by atoms with E-state index in [0.29, 0.717) is 102 Å². The van der Waals surface area contributed by atoms with Crippen molar-refractivity contribution in [2.45, 2.75) is 136 Å². The van der Waals surface area contributed by atoms with Gasteiger partial charge in [0.1, 0.15) is 17.3 Å². The predicted molar refractivity (Wildman–Crippen MR) is 351 cm³/mol. The Hall–Kier alpha value is -3.95. The zero-order valence-corrected chi connectivity index (χ0v) is 62.6. The Bertz CT molecular complexity index is 2030. The Kier molecular flexibility index (Phi) is 58.1. The number of rotatable bonds is 47. The number of nitrogens with one attached hydrogen (secondary N) is 4. The van der Waals surface area contributed by atoms with Crippen molar-refractivity contribution >= 4 is 102 Å². The number of hydrogen-bond acceptors (Lipinski definition) is 25. The summed E-state index contributed by atoms with van der Waals surface area (Å²) in [6, 6.07) is 13.0. The zero-order chi connectivity index (χ0) is 69.5. The van der Waals surface area contributed by atoms with Crippen molar-refractivity contribution in [1.82, 2.24) is 21.3 Å². The summed E-state index contributed by atoms with van der Waals surface area (Å²) in [5.41, 5.74) is 1.01. The fraction of sp³-hybridized carbons (Fsp3) is 0.745. The van der Waals surface area contributed by atoms with Crippen LogP contribution >= 0.6 is 11.8 Å². The van der Waals surface area contributed by atoms with Crippen molar-refractivity contribution in [1.29, 1.82) is 0 Å². The minimum Gasteiger partial charge on any atom is -0.398 e. The highest BCUT2D eigenvalue weighted by atomic mass is 32.2. The smallest absolute Gasteiger partial charge is 0.398 e. The van der Waals surface area contributed by atoms with E-state index in [1.807, 2.05) is 57.7 Å². The lowest BCUT2D eigenvalue weighted by Crippen LogP contribution is -2.46. The van der Waals surface area contributed by atoms with Gasteiger partial charge in [-0.1, -0.05) is 42.1 Å². The average Bonchev–Trinajstić information content (AvgIpc) is 3.52. The average molecular weight is 1400 g/mol. The van der Waals surface area contributed by atoms with Gasteiger partial charge in [-0.2, -0.15) is 0 Å². The van der Waals surface area contributed by atoms with E-state index in [1.54, 1.807) is 78.2 Å². The molecule has 90 heavy (non-hydrogen) atoms. The molecule has 35 heteroatoms. The number of ketones is 3. The lowest BCUT2D eigenvalue weighted by Gasteiger charge is -2.28. The highest BCUT2D eigenvalue weighted by Crippen LogP contribution is 2.20. The molecule has 0 spiro atoms. The number of nitro groups is 1. The first-order chi connectivity index (χ1) is 42.6. The molecule has 29 nitrogen and oxygen atoms in total. The summed E-state index contributed by atoms with van der Waals surface area (Å²) in [4.78, 5) is 97.9. The standard InChI is InChI=1S/C14H23NO4Si.C13H27NO5Si.C10H21NO5Si.C10H20O5SSi.C8H18N2O5Si/c1-17-20(18-2,19-3)11-7-10-15-14(16)12-13-8-5-4-6-9-13;1-5-17-20(18-6-2,19-7-3)10-8-9-14-13(16)11-12(4)15;1-9(12)8-10(13)11-6-5-7-17(14-2,15-3)16-4;1-9(11)8-10(12)16-6-5-7-17(13-2,14-3)15-4;1-14-16(3,15-2)6-4-5-9-8(11)7-10(12)13/h4-6,8-9H,7,10-12H2,1-3H3,(H,15,16);5-11H2,1-4H3,(H,14,16);5-8H2,1-4H3,(H,11,13);5-8H2,1-4H3;4-7H2,1-3H3,(H,9,11). The SMILES string of the molecule is CCO[Si](CCCNC(=O)CC(C)=O)(OCC)OCC.CO[Si](C)(CCCNC(=O)C[N+](=O)[O-])OC.CO[Si](CCCNC(=O)CC(C)=O)(OC)OC.CO[Si](CCCNC(=O)Cc1ccccc1)(OC)OC.CO[Si](CCCSC(=O)CC(C)=O)(OC)OC. The van der Waals surface area contributed by atoms with Crippen molar-refractivity contribution < 1.29 is 105 Å². The van der Waals surface area contributed by atoms with Crippen LogP contribution in [-0.2, 0) is 107 Å². The molecular weight excluding hydrogens is 1290 g/mol. The number of hydrogen-bond donors (Lipinski definition) is 4. The van der Waals surface area contributed by atoms with Gasteiger partial charge in [-0.3, -0.25) is 48.5 Å². The lowest BCUT2D eigenvalue weighted by atomic mass is 10.1. The van der Waals surface area contributed by atoms with Crippen LogP contribution in [0.4, 0.5) is 0 Å². The molecule has 4 N–H and O–H groups in total. The lowest BCUT2D eigenvalue weighted by molar-refractivity contribution is -0.467. The number of nitrogens with zero attached hydrogens (tertiary/aromatic N) is 1. The van der Waals surface area contributed by atoms with E-state index in [2.05, 4.69) is 21.3 Å². The van der Waals surface area contributed by atoms with E-state index in [0.717, 1.165) is 24.4 Å². The fourth-order valence-corrected chi connectivity index (χ4v) is 17.8. The molecule has 0 aromatic heterocycles. The summed E-state index contributed by atoms with van der Waals surface area (Å²) >= 11 is 1.17. The summed E-state index contributed by atoms with van der Waals surface area (Å²) in [5, 5.41) is 20.6. The van der Waals surface area contributed by atoms with E-state index in [9.17, 15) is 48.5 Å². The number of Topliss-reactive ketones (excluding diaryl/α,β-unsaturated/α-hetero) is 3. The molecular formula is C55H109N5O24SSi5. The highest BCUT2D eigenvalue weighted by molar-refractivity contribution is 8.13. The molecule has 0 bridgehead atoms. The predicted octanol–water partition coefficient (Wildman–Crippen LogP) is 5.11. The van der Waals surface area contributed by atoms with Crippen molar-refractivity contribution in [3.63, 3.8) is 0 Å². The second-order valence-corrected chi connectivity index (χ2v) is 36.1. The molecule has 0 saturated heterocycles. The van der Waals surface area contributed by atoms with Gasteiger partial charge in [0.2, 0.25) is 17.7 Å². The Labute approximate surface area is 544 Å². The second-order valence-electron chi connectivity index (χ2n) is 19.3. The van der Waals surface area contributed by atoms with Crippen LogP contribution in [0.5, 0.6) is 0 Å². The summed E-state index contributed by atoms with van der Waals surface area (Å²) in [6.45, 7) is 14.8. The molecule has 0 aliphatic carbocycles. The van der Waals surface area contributed by atoms with Gasteiger partial charge >= 0.3 is 43.8 Å². The van der Waals surface area contributed by atoms with Crippen LogP contribution in [0.1, 0.15) is 98.5 Å². The zero-order valence-electron chi connectivity index (χ0n) is 56.8. The van der Waals surface area contributed by atoms with Gasteiger partial charge in [0.15, 0.2) is 5.12 Å². The third-order valence-electron chi connectivity index (χ3n) is 12.4. The molecule has 0 radical (unpaired) electrons. The van der Waals surface area contributed by atoms with Crippen molar-refractivity contribution in [3.05, 3.63) is 46.0 Å². The Morgan fingerprint density at radius 1 is 0.444 bits per heavy atom. The molecule has 0 unspecified atom stereocenters. The molecule has 1 rings (SSSR count). The van der Waals surface area contributed by atoms with Crippen LogP contribution in [0.2, 0.25) is 36.8 Å². The summed E-state index contributed by atoms with van der Waals surface area (Å²) in [6.07, 6.45) is 3.88. The van der Waals surface area contributed by atoms with Gasteiger partial charge in [-0.25, -0.2) is 0 Å². The van der Waals surface area contributed by atoms with Crippen LogP contribution in [0.25, 0.3) is 0 Å². The second kappa shape index (κ2) is 56.6. The van der Waals surface area contributed by atoms with Crippen molar-refractivity contribution in [2.75, 3.05) is 137 Å². The van der Waals surface area contributed by atoms with E-state index in [4.69, 9.17) is 62.0 Å². The molecule has 1 aromatic carbocycles. The van der Waals surface area contributed by atoms with Crippen LogP contribution < -0.4 is 21.3 Å². The molecule has 0 aliphatic rings. The van der Waals surface area contributed by atoms with Gasteiger partial charge in [-0.15, -0.1) is 0 Å². The highest BCUT2D eigenvalue weighted by Gasteiger charge is 2.41. The number of carbonyl (C=O) groups is 8. The molecule has 0 atom stereocenters. The molecule has 4 amide bonds. The molecule has 0 saturated carbocycles. The Morgan fingerprint density at radius 2 is 0.767 bits per heavy atom. The van der Waals surface area contributed by atoms with Crippen LogP contribution in [-0.4, -0.2) is 231 Å². The largest absolute Gasteiger partial charge is 0.500 e. The Balaban J connectivity index is -0.000000515. The first-order valence-corrected chi connectivity index (χ1v) is 40.7. The third-order valence-corrected chi connectivity index (χ3v) is 28.0. The van der Waals surface area contributed by atoms with Gasteiger partial charge in [0, 0.05) is 159 Å². The number of carbonyl (C=O) groups excluding carboxylic acids is 8. The number of thioether (sulfide) groups is 1. The van der Waals surface area contributed by atoms with Gasteiger partial charge in [-0.05, 0) is 91.8 Å². The van der Waals surface area contributed by atoms with E-state index >= 15 is 0 Å². The summed E-state index contributed by atoms with van der Waals surface area (Å²) < 4.78 is 75.1. The number of amides is 4. The third kappa shape index (κ3) is 48.8. The maximum atomic E-state index is 11.8. The quantitative estimate of drug-likeness (QED) is 0.0216. The maximum Gasteiger partial charge on any atom is 0.500 e. The number of benzene rings is 1. The van der Waals surface area contributed by atoms with E-state index in [1.165, 1.54) is 32.5 Å². The fourth-order valence-electron chi connectivity index (χ4n) is 7.52. The summed E-state index contributed by atoms with van der Waals surface area (Å²) in [5.74, 6) is -0.764. The maximum absolute atomic E-state index is 11.8. The minimum atomic E-state index is -2.62. The molecule has 0 heterocycles. The molecule has 1 aromatic rings. The molecule has 0 fully saturated rings. The van der Waals surface area contributed by atoms with Gasteiger partial charge in [0.25, 0.3) is 12.5 Å². The van der Waals surface area contributed by atoms with Crippen LogP contribution in [0.15, 0.2) is 30.3 Å². The summed E-state index contributed by atoms with van der Waals surface area (Å²) in [7, 11) is 5.03. The van der Waals surface area contributed by atoms with E-state index in [-0.39, 0.29) is 59.4 Å².